The van der Waals surface area contributed by atoms with Crippen LogP contribution in [0.2, 0.25) is 0 Å². The average Bonchev–Trinajstić information content (AvgIpc) is 2.53. The second-order valence-corrected chi connectivity index (χ2v) is 2.69. The number of aryl methyl sites for hydroxylation is 1. The van der Waals surface area contributed by atoms with Gasteiger partial charge in [-0.25, -0.2) is 0 Å². The monoisotopic (exact) mass is 160 g/mol. The molecule has 0 aromatic carbocycles. The van der Waals surface area contributed by atoms with Crippen LogP contribution in [0.3, 0.4) is 0 Å². The highest BCUT2D eigenvalue weighted by molar-refractivity contribution is 5.52. The molecule has 3 nitrogen and oxygen atoms in total. The molecule has 0 spiro atoms. The number of hydrogen-bond acceptors (Lipinski definition) is 2. The maximum atomic E-state index is 4.06. The summed E-state index contributed by atoms with van der Waals surface area (Å²) >= 11 is 0. The van der Waals surface area contributed by atoms with Crippen molar-refractivity contribution in [1.82, 2.24) is 10.2 Å². The van der Waals surface area contributed by atoms with E-state index >= 15 is 0 Å². The molecule has 0 saturated carbocycles. The number of allylic oxidation sites excluding steroid dienone is 2. The zero-order chi connectivity index (χ0) is 8.39. The highest BCUT2D eigenvalue weighted by Crippen LogP contribution is 2.17. The Hall–Kier alpha value is -1.51. The molecule has 61 valence electrons. The Bertz CT molecular complexity index is 322. The van der Waals surface area contributed by atoms with Crippen LogP contribution in [0.1, 0.15) is 5.69 Å². The predicted octanol–water partition coefficient (Wildman–Crippen LogP) is 1.41. The lowest BCUT2D eigenvalue weighted by Crippen LogP contribution is -2.17. The van der Waals surface area contributed by atoms with Crippen molar-refractivity contribution in [3.63, 3.8) is 0 Å². The number of nitrogens with zero attached hydrogens (tertiary/aromatic N) is 2. The number of aromatic amines is 1. The smallest absolute Gasteiger partial charge is 0.0828 e. The highest BCUT2D eigenvalue weighted by atomic mass is 15.2. The van der Waals surface area contributed by atoms with E-state index in [-0.39, 0.29) is 0 Å². The first kappa shape index (κ1) is 7.16. The van der Waals surface area contributed by atoms with Gasteiger partial charge in [0.15, 0.2) is 0 Å². The van der Waals surface area contributed by atoms with Crippen LogP contribution in [0, 0.1) is 13.0 Å². The third kappa shape index (κ3) is 1.13. The van der Waals surface area contributed by atoms with Crippen molar-refractivity contribution in [2.45, 2.75) is 6.92 Å². The molecule has 1 aromatic heterocycles. The molecule has 0 aliphatic carbocycles. The standard InChI is InChI=1S/C9H10N3/c1-8-9(7-10-11-8)12-5-3-2-4-6-12/h3-5,7H,6H2,1H3,(H,10,11). The molecule has 2 heterocycles. The largest absolute Gasteiger partial charge is 0.341 e. The Balaban J connectivity index is 2.26. The van der Waals surface area contributed by atoms with E-state index in [1.54, 1.807) is 0 Å². The summed E-state index contributed by atoms with van der Waals surface area (Å²) in [6, 6.07) is 0. The van der Waals surface area contributed by atoms with Gasteiger partial charge in [0.2, 0.25) is 0 Å². The molecule has 3 heteroatoms. The fourth-order valence-electron chi connectivity index (χ4n) is 1.23. The highest BCUT2D eigenvalue weighted by Gasteiger charge is 2.07. The lowest BCUT2D eigenvalue weighted by Gasteiger charge is -2.18. The van der Waals surface area contributed by atoms with Gasteiger partial charge in [0.05, 0.1) is 11.4 Å². The minimum atomic E-state index is 0.872. The fraction of sp³-hybridized carbons (Fsp3) is 0.222. The molecule has 2 rings (SSSR count). The van der Waals surface area contributed by atoms with Crippen molar-refractivity contribution < 1.29 is 0 Å². The lowest BCUT2D eigenvalue weighted by molar-refractivity contribution is 1.03. The van der Waals surface area contributed by atoms with Gasteiger partial charge in [-0.05, 0) is 19.1 Å². The number of H-pyrrole nitrogens is 1. The van der Waals surface area contributed by atoms with Gasteiger partial charge < -0.3 is 4.90 Å². The first-order chi connectivity index (χ1) is 5.88. The minimum absolute atomic E-state index is 0.872. The Kier molecular flexibility index (Phi) is 1.70. The van der Waals surface area contributed by atoms with Gasteiger partial charge in [0.25, 0.3) is 0 Å². The summed E-state index contributed by atoms with van der Waals surface area (Å²) in [5, 5.41) is 6.89. The molecule has 1 aliphatic heterocycles. The Morgan fingerprint density at radius 3 is 3.17 bits per heavy atom. The van der Waals surface area contributed by atoms with E-state index in [2.05, 4.69) is 21.2 Å². The third-order valence-corrected chi connectivity index (χ3v) is 1.87. The van der Waals surface area contributed by atoms with Gasteiger partial charge in [-0.3, -0.25) is 5.10 Å². The topological polar surface area (TPSA) is 31.9 Å². The lowest BCUT2D eigenvalue weighted by atomic mass is 10.3. The molecular formula is C9H10N3. The van der Waals surface area contributed by atoms with E-state index in [1.165, 1.54) is 0 Å². The van der Waals surface area contributed by atoms with Crippen molar-refractivity contribution in [2.24, 2.45) is 0 Å². The maximum Gasteiger partial charge on any atom is 0.0828 e. The number of rotatable bonds is 1. The molecule has 0 atom stereocenters. The summed E-state index contributed by atoms with van der Waals surface area (Å²) in [6.45, 7) is 2.86. The summed E-state index contributed by atoms with van der Waals surface area (Å²) in [5.74, 6) is 0. The summed E-state index contributed by atoms with van der Waals surface area (Å²) in [7, 11) is 0. The Morgan fingerprint density at radius 2 is 2.58 bits per heavy atom. The minimum Gasteiger partial charge on any atom is -0.341 e. The molecule has 1 aromatic rings. The first-order valence-electron chi connectivity index (χ1n) is 3.89. The number of anilines is 1. The SMILES string of the molecule is Cc1n[nH]cc1N1C=C[C]=CC1. The van der Waals surface area contributed by atoms with Gasteiger partial charge in [-0.1, -0.05) is 6.08 Å². The van der Waals surface area contributed by atoms with E-state index in [1.807, 2.05) is 31.5 Å². The van der Waals surface area contributed by atoms with Crippen LogP contribution >= 0.6 is 0 Å². The van der Waals surface area contributed by atoms with Crippen molar-refractivity contribution in [3.8, 4) is 0 Å². The molecule has 0 bridgehead atoms. The van der Waals surface area contributed by atoms with Crippen molar-refractivity contribution >= 4 is 5.69 Å². The van der Waals surface area contributed by atoms with Crippen molar-refractivity contribution in [2.75, 3.05) is 11.4 Å². The predicted molar refractivity (Wildman–Crippen MR) is 47.6 cm³/mol. The maximum absolute atomic E-state index is 4.06. The van der Waals surface area contributed by atoms with E-state index < -0.39 is 0 Å². The van der Waals surface area contributed by atoms with E-state index in [9.17, 15) is 0 Å². The average molecular weight is 160 g/mol. The van der Waals surface area contributed by atoms with Crippen molar-refractivity contribution in [1.29, 1.82) is 0 Å². The van der Waals surface area contributed by atoms with Gasteiger partial charge in [0, 0.05) is 18.9 Å². The second-order valence-electron chi connectivity index (χ2n) is 2.69. The van der Waals surface area contributed by atoms with Gasteiger partial charge in [0.1, 0.15) is 0 Å². The van der Waals surface area contributed by atoms with Crippen LogP contribution in [-0.2, 0) is 0 Å². The zero-order valence-corrected chi connectivity index (χ0v) is 6.91. The second kappa shape index (κ2) is 2.85. The molecule has 0 saturated heterocycles. The van der Waals surface area contributed by atoms with Gasteiger partial charge >= 0.3 is 0 Å². The van der Waals surface area contributed by atoms with Crippen LogP contribution in [0.15, 0.2) is 24.5 Å². The summed E-state index contributed by atoms with van der Waals surface area (Å²) < 4.78 is 0. The number of aromatic nitrogens is 2. The van der Waals surface area contributed by atoms with Crippen molar-refractivity contribution in [3.05, 3.63) is 36.3 Å². The van der Waals surface area contributed by atoms with Crippen LogP contribution in [0.5, 0.6) is 0 Å². The van der Waals surface area contributed by atoms with Crippen LogP contribution in [0.25, 0.3) is 0 Å². The molecule has 0 fully saturated rings. The van der Waals surface area contributed by atoms with Crippen LogP contribution < -0.4 is 4.90 Å². The quantitative estimate of drug-likeness (QED) is 0.673. The van der Waals surface area contributed by atoms with E-state index in [0.29, 0.717) is 0 Å². The normalized spacial score (nSPS) is 15.6. The van der Waals surface area contributed by atoms with E-state index in [4.69, 9.17) is 0 Å². The van der Waals surface area contributed by atoms with E-state index in [0.717, 1.165) is 17.9 Å². The number of nitrogens with one attached hydrogen (secondary N) is 1. The fourth-order valence-corrected chi connectivity index (χ4v) is 1.23. The first-order valence-corrected chi connectivity index (χ1v) is 3.89. The molecule has 12 heavy (non-hydrogen) atoms. The summed E-state index contributed by atoms with van der Waals surface area (Å²) in [6.07, 6.45) is 10.8. The molecule has 1 aliphatic rings. The molecule has 1 N–H and O–H groups in total. The molecule has 0 amide bonds. The van der Waals surface area contributed by atoms with Crippen LogP contribution in [0.4, 0.5) is 5.69 Å². The van der Waals surface area contributed by atoms with Gasteiger partial charge in [-0.15, -0.1) is 0 Å². The Labute approximate surface area is 71.4 Å². The molecular weight excluding hydrogens is 150 g/mol. The zero-order valence-electron chi connectivity index (χ0n) is 6.91. The van der Waals surface area contributed by atoms with Crippen LogP contribution in [-0.4, -0.2) is 16.7 Å². The number of hydrogen-bond donors (Lipinski definition) is 1. The molecule has 0 unspecified atom stereocenters. The molecule has 1 radical (unpaired) electrons. The summed E-state index contributed by atoms with van der Waals surface area (Å²) in [4.78, 5) is 2.12. The third-order valence-electron chi connectivity index (χ3n) is 1.87. The summed E-state index contributed by atoms with van der Waals surface area (Å²) in [5.41, 5.74) is 2.15. The Morgan fingerprint density at radius 1 is 1.67 bits per heavy atom. The van der Waals surface area contributed by atoms with Gasteiger partial charge in [-0.2, -0.15) is 5.10 Å².